The molecule has 1 heterocycles. The van der Waals surface area contributed by atoms with E-state index in [1.54, 1.807) is 30.1 Å². The van der Waals surface area contributed by atoms with Crippen molar-refractivity contribution in [2.24, 2.45) is 0 Å². The van der Waals surface area contributed by atoms with E-state index in [2.05, 4.69) is 5.10 Å². The van der Waals surface area contributed by atoms with Crippen LogP contribution in [0.4, 0.5) is 0 Å². The van der Waals surface area contributed by atoms with Gasteiger partial charge in [0.1, 0.15) is 12.0 Å². The first-order valence-corrected chi connectivity index (χ1v) is 4.93. The van der Waals surface area contributed by atoms with Crippen LogP contribution in [0.2, 0.25) is 0 Å². The summed E-state index contributed by atoms with van der Waals surface area (Å²) in [6.45, 7) is 0.595. The van der Waals surface area contributed by atoms with Gasteiger partial charge < -0.3 is 4.74 Å². The molecule has 0 amide bonds. The van der Waals surface area contributed by atoms with Crippen molar-refractivity contribution < 1.29 is 9.53 Å². The Bertz CT molecular complexity index is 478. The molecule has 0 fully saturated rings. The molecule has 2 aromatic rings. The predicted octanol–water partition coefficient (Wildman–Crippen LogP) is 1.75. The molecule has 0 N–H and O–H groups in total. The number of rotatable bonds is 4. The third kappa shape index (κ3) is 2.11. The van der Waals surface area contributed by atoms with Crippen LogP contribution in [-0.2, 0) is 6.54 Å². The fourth-order valence-corrected chi connectivity index (χ4v) is 1.56. The number of hydrogen-bond donors (Lipinski definition) is 0. The summed E-state index contributed by atoms with van der Waals surface area (Å²) in [6.07, 6.45) is 4.41. The van der Waals surface area contributed by atoms with Gasteiger partial charge in [-0.25, -0.2) is 0 Å². The van der Waals surface area contributed by atoms with Gasteiger partial charge in [-0.2, -0.15) is 5.10 Å². The molecule has 0 radical (unpaired) electrons. The number of methoxy groups -OCH3 is 1. The smallest absolute Gasteiger partial charge is 0.150 e. The van der Waals surface area contributed by atoms with Crippen LogP contribution in [0.5, 0.6) is 5.75 Å². The molecule has 2 rings (SSSR count). The minimum atomic E-state index is 0.595. The third-order valence-corrected chi connectivity index (χ3v) is 2.33. The zero-order chi connectivity index (χ0) is 11.4. The normalized spacial score (nSPS) is 10.1. The van der Waals surface area contributed by atoms with Gasteiger partial charge in [0.25, 0.3) is 0 Å². The number of benzene rings is 1. The molecule has 4 heteroatoms. The second-order valence-corrected chi connectivity index (χ2v) is 3.39. The van der Waals surface area contributed by atoms with Crippen LogP contribution in [0, 0.1) is 0 Å². The maximum atomic E-state index is 10.7. The van der Waals surface area contributed by atoms with Gasteiger partial charge in [0.05, 0.1) is 13.7 Å². The van der Waals surface area contributed by atoms with Gasteiger partial charge in [0.2, 0.25) is 0 Å². The summed E-state index contributed by atoms with van der Waals surface area (Å²) in [5.74, 6) is 0.765. The molecular formula is C12H12N2O2. The Kier molecular flexibility index (Phi) is 3.00. The lowest BCUT2D eigenvalue weighted by Gasteiger charge is -2.09. The van der Waals surface area contributed by atoms with Gasteiger partial charge in [0, 0.05) is 23.5 Å². The lowest BCUT2D eigenvalue weighted by atomic mass is 10.1. The fourth-order valence-electron chi connectivity index (χ4n) is 1.56. The Morgan fingerprint density at radius 1 is 1.50 bits per heavy atom. The number of aromatic nitrogens is 2. The molecule has 0 aliphatic carbocycles. The lowest BCUT2D eigenvalue weighted by molar-refractivity contribution is 0.112. The Morgan fingerprint density at radius 2 is 2.38 bits per heavy atom. The van der Waals surface area contributed by atoms with Gasteiger partial charge in [0.15, 0.2) is 0 Å². The molecular weight excluding hydrogens is 204 g/mol. The topological polar surface area (TPSA) is 44.1 Å². The second kappa shape index (κ2) is 4.61. The Morgan fingerprint density at radius 3 is 3.00 bits per heavy atom. The zero-order valence-electron chi connectivity index (χ0n) is 8.96. The number of aldehydes is 1. The molecule has 16 heavy (non-hydrogen) atoms. The number of hydrogen-bond acceptors (Lipinski definition) is 3. The van der Waals surface area contributed by atoms with E-state index < -0.39 is 0 Å². The standard InChI is InChI=1S/C12H12N2O2/c1-16-12-4-3-10(9-15)7-11(12)8-14-6-2-5-13-14/h2-7,9H,8H2,1H3. The zero-order valence-corrected chi connectivity index (χ0v) is 8.96. The summed E-state index contributed by atoms with van der Waals surface area (Å²) in [5, 5.41) is 4.12. The molecule has 0 aliphatic rings. The highest BCUT2D eigenvalue weighted by molar-refractivity contribution is 5.75. The largest absolute Gasteiger partial charge is 0.496 e. The van der Waals surface area contributed by atoms with Crippen molar-refractivity contribution >= 4 is 6.29 Å². The molecule has 1 aromatic heterocycles. The Labute approximate surface area is 93.5 Å². The van der Waals surface area contributed by atoms with Crippen LogP contribution >= 0.6 is 0 Å². The van der Waals surface area contributed by atoms with E-state index in [1.807, 2.05) is 18.3 Å². The molecule has 0 saturated heterocycles. The first kappa shape index (κ1) is 10.4. The highest BCUT2D eigenvalue weighted by atomic mass is 16.5. The van der Waals surface area contributed by atoms with E-state index in [0.717, 1.165) is 17.6 Å². The first-order chi connectivity index (χ1) is 7.83. The van der Waals surface area contributed by atoms with Crippen LogP contribution in [0.3, 0.4) is 0 Å². The van der Waals surface area contributed by atoms with E-state index in [0.29, 0.717) is 12.1 Å². The van der Waals surface area contributed by atoms with E-state index in [4.69, 9.17) is 4.74 Å². The third-order valence-electron chi connectivity index (χ3n) is 2.33. The summed E-state index contributed by atoms with van der Waals surface area (Å²) in [6, 6.07) is 7.20. The van der Waals surface area contributed by atoms with Crippen molar-refractivity contribution in [1.29, 1.82) is 0 Å². The quantitative estimate of drug-likeness (QED) is 0.731. The van der Waals surface area contributed by atoms with Crippen LogP contribution in [0.25, 0.3) is 0 Å². The monoisotopic (exact) mass is 216 g/mol. The van der Waals surface area contributed by atoms with Gasteiger partial charge in [-0.15, -0.1) is 0 Å². The average Bonchev–Trinajstić information content (AvgIpc) is 2.82. The van der Waals surface area contributed by atoms with Crippen molar-refractivity contribution in [2.75, 3.05) is 7.11 Å². The maximum absolute atomic E-state index is 10.7. The summed E-state index contributed by atoms with van der Waals surface area (Å²) in [4.78, 5) is 10.7. The van der Waals surface area contributed by atoms with Crippen LogP contribution in [0.1, 0.15) is 15.9 Å². The molecule has 0 unspecified atom stereocenters. The molecule has 0 saturated carbocycles. The predicted molar refractivity (Wildman–Crippen MR) is 59.7 cm³/mol. The maximum Gasteiger partial charge on any atom is 0.150 e. The van der Waals surface area contributed by atoms with Crippen LogP contribution < -0.4 is 4.74 Å². The summed E-state index contributed by atoms with van der Waals surface area (Å²) in [5.41, 5.74) is 1.58. The van der Waals surface area contributed by atoms with Gasteiger partial charge >= 0.3 is 0 Å². The van der Waals surface area contributed by atoms with Crippen molar-refractivity contribution in [3.8, 4) is 5.75 Å². The lowest BCUT2D eigenvalue weighted by Crippen LogP contribution is -2.02. The number of ether oxygens (including phenoxy) is 1. The van der Waals surface area contributed by atoms with Crippen LogP contribution in [0.15, 0.2) is 36.7 Å². The highest BCUT2D eigenvalue weighted by Crippen LogP contribution is 2.20. The molecule has 4 nitrogen and oxygen atoms in total. The number of carbonyl (C=O) groups excluding carboxylic acids is 1. The van der Waals surface area contributed by atoms with Gasteiger partial charge in [-0.3, -0.25) is 9.48 Å². The molecule has 0 spiro atoms. The second-order valence-electron chi connectivity index (χ2n) is 3.39. The summed E-state index contributed by atoms with van der Waals surface area (Å²) < 4.78 is 7.02. The van der Waals surface area contributed by atoms with E-state index in [-0.39, 0.29) is 0 Å². The number of carbonyl (C=O) groups is 1. The molecule has 0 atom stereocenters. The van der Waals surface area contributed by atoms with Gasteiger partial charge in [-0.05, 0) is 24.3 Å². The fraction of sp³-hybridized carbons (Fsp3) is 0.167. The van der Waals surface area contributed by atoms with Crippen molar-refractivity contribution in [3.63, 3.8) is 0 Å². The Balaban J connectivity index is 2.33. The van der Waals surface area contributed by atoms with E-state index in [9.17, 15) is 4.79 Å². The summed E-state index contributed by atoms with van der Waals surface area (Å²) in [7, 11) is 1.61. The Hall–Kier alpha value is -2.10. The van der Waals surface area contributed by atoms with Crippen molar-refractivity contribution in [2.45, 2.75) is 6.54 Å². The molecule has 1 aromatic carbocycles. The minimum absolute atomic E-state index is 0.595. The highest BCUT2D eigenvalue weighted by Gasteiger charge is 2.05. The SMILES string of the molecule is COc1ccc(C=O)cc1Cn1cccn1. The molecule has 0 aliphatic heterocycles. The van der Waals surface area contributed by atoms with Crippen molar-refractivity contribution in [3.05, 3.63) is 47.8 Å². The van der Waals surface area contributed by atoms with Gasteiger partial charge in [-0.1, -0.05) is 0 Å². The molecule has 0 bridgehead atoms. The minimum Gasteiger partial charge on any atom is -0.496 e. The van der Waals surface area contributed by atoms with Crippen LogP contribution in [-0.4, -0.2) is 23.2 Å². The van der Waals surface area contributed by atoms with E-state index >= 15 is 0 Å². The molecule has 82 valence electrons. The van der Waals surface area contributed by atoms with Crippen molar-refractivity contribution in [1.82, 2.24) is 9.78 Å². The number of nitrogens with zero attached hydrogens (tertiary/aromatic N) is 2. The first-order valence-electron chi connectivity index (χ1n) is 4.93. The average molecular weight is 216 g/mol. The van der Waals surface area contributed by atoms with E-state index in [1.165, 1.54) is 0 Å². The summed E-state index contributed by atoms with van der Waals surface area (Å²) >= 11 is 0.